The van der Waals surface area contributed by atoms with E-state index in [4.69, 9.17) is 4.42 Å². The van der Waals surface area contributed by atoms with Crippen LogP contribution in [0.4, 0.5) is 10.5 Å². The van der Waals surface area contributed by atoms with Gasteiger partial charge in [0.15, 0.2) is 0 Å². The third-order valence-corrected chi connectivity index (χ3v) is 5.49. The van der Waals surface area contributed by atoms with E-state index in [9.17, 15) is 13.2 Å². The maximum Gasteiger partial charge on any atom is 0.321 e. The lowest BCUT2D eigenvalue weighted by Crippen LogP contribution is -2.38. The first-order valence-corrected chi connectivity index (χ1v) is 9.71. The number of carbonyl (C=O) groups excluding carboxylic acids is 1. The SMILES string of the molecule is O=C(Nc1ccc(S(=O)(=O)NCc2ccco2)cc1)N1CCCCC1. The molecule has 0 saturated carbocycles. The average Bonchev–Trinajstić information content (AvgIpc) is 3.15. The molecular formula is C17H21N3O4S. The molecule has 0 bridgehead atoms. The molecule has 1 aromatic heterocycles. The molecule has 8 heteroatoms. The van der Waals surface area contributed by atoms with Gasteiger partial charge in [0.2, 0.25) is 10.0 Å². The number of piperidine rings is 1. The number of nitrogens with one attached hydrogen (secondary N) is 2. The Labute approximate surface area is 147 Å². The number of sulfonamides is 1. The van der Waals surface area contributed by atoms with Gasteiger partial charge in [-0.3, -0.25) is 0 Å². The van der Waals surface area contributed by atoms with Gasteiger partial charge in [0.25, 0.3) is 0 Å². The summed E-state index contributed by atoms with van der Waals surface area (Å²) >= 11 is 0. The van der Waals surface area contributed by atoms with E-state index >= 15 is 0 Å². The van der Waals surface area contributed by atoms with Gasteiger partial charge in [0.05, 0.1) is 17.7 Å². The number of hydrogen-bond donors (Lipinski definition) is 2. The van der Waals surface area contributed by atoms with Crippen molar-refractivity contribution in [3.63, 3.8) is 0 Å². The van der Waals surface area contributed by atoms with Crippen LogP contribution in [-0.4, -0.2) is 32.4 Å². The van der Waals surface area contributed by atoms with Crippen molar-refractivity contribution in [3.8, 4) is 0 Å². The average molecular weight is 363 g/mol. The lowest BCUT2D eigenvalue weighted by molar-refractivity contribution is 0.200. The quantitative estimate of drug-likeness (QED) is 0.854. The van der Waals surface area contributed by atoms with Crippen LogP contribution in [0.15, 0.2) is 52.0 Å². The number of nitrogens with zero attached hydrogens (tertiary/aromatic N) is 1. The van der Waals surface area contributed by atoms with Crippen LogP contribution in [0.5, 0.6) is 0 Å². The Hall–Kier alpha value is -2.32. The van der Waals surface area contributed by atoms with E-state index in [0.717, 1.165) is 32.4 Å². The summed E-state index contributed by atoms with van der Waals surface area (Å²) in [6.45, 7) is 1.60. The third kappa shape index (κ3) is 4.61. The minimum Gasteiger partial charge on any atom is -0.468 e. The highest BCUT2D eigenvalue weighted by atomic mass is 32.2. The smallest absolute Gasteiger partial charge is 0.321 e. The largest absolute Gasteiger partial charge is 0.468 e. The molecule has 0 aliphatic carbocycles. The van der Waals surface area contributed by atoms with Gasteiger partial charge in [-0.05, 0) is 55.7 Å². The van der Waals surface area contributed by atoms with E-state index < -0.39 is 10.0 Å². The fourth-order valence-corrected chi connectivity index (χ4v) is 3.67. The second kappa shape index (κ2) is 7.71. The number of rotatable bonds is 5. The molecule has 2 aromatic rings. The van der Waals surface area contributed by atoms with E-state index in [-0.39, 0.29) is 17.5 Å². The molecule has 1 saturated heterocycles. The van der Waals surface area contributed by atoms with Crippen molar-refractivity contribution >= 4 is 21.7 Å². The van der Waals surface area contributed by atoms with Crippen molar-refractivity contribution in [2.75, 3.05) is 18.4 Å². The van der Waals surface area contributed by atoms with Gasteiger partial charge in [-0.15, -0.1) is 0 Å². The number of anilines is 1. The summed E-state index contributed by atoms with van der Waals surface area (Å²) in [6.07, 6.45) is 4.68. The standard InChI is InChI=1S/C17H21N3O4S/c21-17(20-10-2-1-3-11-20)19-14-6-8-16(9-7-14)25(22,23)18-13-15-5-4-12-24-15/h4-9,12,18H,1-3,10-11,13H2,(H,19,21). The number of furan rings is 1. The molecular weight excluding hydrogens is 342 g/mol. The molecule has 1 aliphatic rings. The first kappa shape index (κ1) is 17.5. The van der Waals surface area contributed by atoms with Crippen molar-refractivity contribution in [1.29, 1.82) is 0 Å². The fourth-order valence-electron chi connectivity index (χ4n) is 2.68. The lowest BCUT2D eigenvalue weighted by Gasteiger charge is -2.26. The molecule has 2 amide bonds. The summed E-state index contributed by atoms with van der Waals surface area (Å²) < 4.78 is 32.1. The fraction of sp³-hybridized carbons (Fsp3) is 0.353. The highest BCUT2D eigenvalue weighted by Crippen LogP contribution is 2.16. The highest BCUT2D eigenvalue weighted by molar-refractivity contribution is 7.89. The van der Waals surface area contributed by atoms with Gasteiger partial charge < -0.3 is 14.6 Å². The van der Waals surface area contributed by atoms with Crippen molar-refractivity contribution in [1.82, 2.24) is 9.62 Å². The van der Waals surface area contributed by atoms with Gasteiger partial charge in [-0.25, -0.2) is 17.9 Å². The van der Waals surface area contributed by atoms with Crippen molar-refractivity contribution < 1.29 is 17.6 Å². The minimum atomic E-state index is -3.64. The molecule has 25 heavy (non-hydrogen) atoms. The predicted octanol–water partition coefficient (Wildman–Crippen LogP) is 2.78. The van der Waals surface area contributed by atoms with Crippen LogP contribution >= 0.6 is 0 Å². The molecule has 0 unspecified atom stereocenters. The van der Waals surface area contributed by atoms with Crippen LogP contribution in [0.3, 0.4) is 0 Å². The van der Waals surface area contributed by atoms with Crippen LogP contribution < -0.4 is 10.0 Å². The number of hydrogen-bond acceptors (Lipinski definition) is 4. The van der Waals surface area contributed by atoms with Crippen molar-refractivity contribution in [2.45, 2.75) is 30.7 Å². The van der Waals surface area contributed by atoms with Gasteiger partial charge >= 0.3 is 6.03 Å². The molecule has 0 radical (unpaired) electrons. The monoisotopic (exact) mass is 363 g/mol. The van der Waals surface area contributed by atoms with Gasteiger partial charge in [0, 0.05) is 18.8 Å². The van der Waals surface area contributed by atoms with Crippen LogP contribution in [-0.2, 0) is 16.6 Å². The number of carbonyl (C=O) groups is 1. The molecule has 134 valence electrons. The zero-order valence-corrected chi connectivity index (χ0v) is 14.6. The Bertz CT molecular complexity index is 795. The maximum absolute atomic E-state index is 12.3. The molecule has 2 heterocycles. The topological polar surface area (TPSA) is 91.6 Å². The van der Waals surface area contributed by atoms with E-state index in [1.54, 1.807) is 29.2 Å². The molecule has 2 N–H and O–H groups in total. The van der Waals surface area contributed by atoms with Gasteiger partial charge in [0.1, 0.15) is 5.76 Å². The molecule has 7 nitrogen and oxygen atoms in total. The summed E-state index contributed by atoms with van der Waals surface area (Å²) in [5.41, 5.74) is 0.570. The number of likely N-dealkylation sites (tertiary alicyclic amines) is 1. The van der Waals surface area contributed by atoms with E-state index in [1.807, 2.05) is 0 Å². The summed E-state index contributed by atoms with van der Waals surface area (Å²) in [6, 6.07) is 9.36. The predicted molar refractivity (Wildman–Crippen MR) is 93.6 cm³/mol. The summed E-state index contributed by atoms with van der Waals surface area (Å²) in [7, 11) is -3.64. The van der Waals surface area contributed by atoms with Crippen molar-refractivity contribution in [3.05, 3.63) is 48.4 Å². The van der Waals surface area contributed by atoms with Crippen LogP contribution in [0, 0.1) is 0 Å². The lowest BCUT2D eigenvalue weighted by atomic mass is 10.1. The van der Waals surface area contributed by atoms with E-state index in [2.05, 4.69) is 10.0 Å². The Morgan fingerprint density at radius 3 is 2.44 bits per heavy atom. The van der Waals surface area contributed by atoms with Gasteiger partial charge in [-0.1, -0.05) is 0 Å². The summed E-state index contributed by atoms with van der Waals surface area (Å²) in [4.78, 5) is 14.1. The second-order valence-corrected chi connectivity index (χ2v) is 7.67. The molecule has 3 rings (SSSR count). The number of benzene rings is 1. The Balaban J connectivity index is 1.60. The first-order chi connectivity index (χ1) is 12.0. The first-order valence-electron chi connectivity index (χ1n) is 8.23. The Kier molecular flexibility index (Phi) is 5.40. The van der Waals surface area contributed by atoms with Crippen LogP contribution in [0.1, 0.15) is 25.0 Å². The number of amides is 2. The summed E-state index contributed by atoms with van der Waals surface area (Å²) in [5.74, 6) is 0.536. The molecule has 0 atom stereocenters. The molecule has 0 spiro atoms. The van der Waals surface area contributed by atoms with Crippen LogP contribution in [0.2, 0.25) is 0 Å². The minimum absolute atomic E-state index is 0.0861. The Morgan fingerprint density at radius 2 is 1.80 bits per heavy atom. The zero-order chi connectivity index (χ0) is 17.7. The number of urea groups is 1. The highest BCUT2D eigenvalue weighted by Gasteiger charge is 2.17. The molecule has 1 aromatic carbocycles. The summed E-state index contributed by atoms with van der Waals surface area (Å²) in [5, 5.41) is 2.80. The maximum atomic E-state index is 12.3. The van der Waals surface area contributed by atoms with Crippen LogP contribution in [0.25, 0.3) is 0 Å². The zero-order valence-electron chi connectivity index (χ0n) is 13.8. The molecule has 1 fully saturated rings. The van der Waals surface area contributed by atoms with Gasteiger partial charge in [-0.2, -0.15) is 0 Å². The van der Waals surface area contributed by atoms with Crippen molar-refractivity contribution in [2.24, 2.45) is 0 Å². The third-order valence-electron chi connectivity index (χ3n) is 4.08. The second-order valence-electron chi connectivity index (χ2n) is 5.91. The Morgan fingerprint density at radius 1 is 1.08 bits per heavy atom. The van der Waals surface area contributed by atoms with E-state index in [1.165, 1.54) is 18.4 Å². The normalized spacial score (nSPS) is 15.1. The molecule has 1 aliphatic heterocycles. The van der Waals surface area contributed by atoms with E-state index in [0.29, 0.717) is 11.4 Å².